The average Bonchev–Trinajstić information content (AvgIpc) is 2.53. The number of nitro groups is 1. The van der Waals surface area contributed by atoms with Crippen LogP contribution in [0, 0.1) is 10.1 Å². The highest BCUT2D eigenvalue weighted by Gasteiger charge is 2.42. The van der Waals surface area contributed by atoms with Crippen molar-refractivity contribution in [3.63, 3.8) is 0 Å². The number of hydrogen-bond acceptors (Lipinski definition) is 4. The summed E-state index contributed by atoms with van der Waals surface area (Å²) in [5.74, 6) is -2.87. The molecule has 0 atom stereocenters. The van der Waals surface area contributed by atoms with E-state index in [1.165, 1.54) is 0 Å². The van der Waals surface area contributed by atoms with Gasteiger partial charge >= 0.3 is 12.1 Å². The van der Waals surface area contributed by atoms with Gasteiger partial charge in [0, 0.05) is 30.9 Å². The maximum absolute atomic E-state index is 12.7. The van der Waals surface area contributed by atoms with Crippen LogP contribution in [0.1, 0.15) is 6.42 Å². The third-order valence-corrected chi connectivity index (χ3v) is 3.10. The molecule has 0 unspecified atom stereocenters. The lowest BCUT2D eigenvalue weighted by Crippen LogP contribution is -2.42. The van der Waals surface area contributed by atoms with Crippen LogP contribution in [0.2, 0.25) is 0 Å². The summed E-state index contributed by atoms with van der Waals surface area (Å²) in [6.07, 6.45) is -5.05. The Morgan fingerprint density at radius 2 is 1.83 bits per heavy atom. The van der Waals surface area contributed by atoms with Crippen LogP contribution in [0.4, 0.5) is 24.5 Å². The van der Waals surface area contributed by atoms with Crippen LogP contribution in [-0.4, -0.2) is 41.9 Å². The van der Waals surface area contributed by atoms with Gasteiger partial charge in [0.15, 0.2) is 0 Å². The fraction of sp³-hybridized carbons (Fsp3) is 0.385. The number of carbonyl (C=O) groups excluding carboxylic acids is 2. The molecular weight excluding hydrogens is 355 g/mol. The third-order valence-electron chi connectivity index (χ3n) is 2.86. The Morgan fingerprint density at radius 1 is 1.25 bits per heavy atom. The van der Waals surface area contributed by atoms with Gasteiger partial charge < -0.3 is 10.2 Å². The SMILES string of the molecule is O=C(CCl)NCCCN(C(=O)C(F)(F)F)c1ccc([N+](=O)[O-])cc1. The molecule has 1 aromatic carbocycles. The highest BCUT2D eigenvalue weighted by atomic mass is 35.5. The van der Waals surface area contributed by atoms with Crippen LogP contribution >= 0.6 is 11.6 Å². The number of non-ortho nitro benzene ring substituents is 1. The van der Waals surface area contributed by atoms with Crippen molar-refractivity contribution in [3.05, 3.63) is 34.4 Å². The third kappa shape index (κ3) is 5.69. The number of anilines is 1. The lowest BCUT2D eigenvalue weighted by molar-refractivity contribution is -0.384. The zero-order valence-corrected chi connectivity index (χ0v) is 12.9. The van der Waals surface area contributed by atoms with E-state index >= 15 is 0 Å². The molecule has 0 fully saturated rings. The first-order valence-electron chi connectivity index (χ1n) is 6.62. The van der Waals surface area contributed by atoms with Gasteiger partial charge in [-0.05, 0) is 18.6 Å². The molecule has 0 saturated heterocycles. The predicted octanol–water partition coefficient (Wildman–Crippen LogP) is 2.24. The summed E-state index contributed by atoms with van der Waals surface area (Å²) >= 11 is 5.26. The Bertz CT molecular complexity index is 607. The molecular formula is C13H13ClF3N3O4. The van der Waals surface area contributed by atoms with E-state index in [1.54, 1.807) is 0 Å². The van der Waals surface area contributed by atoms with Crippen molar-refractivity contribution in [2.45, 2.75) is 12.6 Å². The molecule has 0 aromatic heterocycles. The Labute approximate surface area is 139 Å². The number of hydrogen-bond donors (Lipinski definition) is 1. The first kappa shape index (κ1) is 19.7. The van der Waals surface area contributed by atoms with Gasteiger partial charge in [0.05, 0.1) is 4.92 Å². The van der Waals surface area contributed by atoms with E-state index in [-0.39, 0.29) is 36.8 Å². The number of nitrogens with one attached hydrogen (secondary N) is 1. The van der Waals surface area contributed by atoms with Crippen LogP contribution in [0.25, 0.3) is 0 Å². The number of alkyl halides is 4. The molecule has 0 aliphatic carbocycles. The predicted molar refractivity (Wildman–Crippen MR) is 79.9 cm³/mol. The number of carbonyl (C=O) groups is 2. The van der Waals surface area contributed by atoms with E-state index in [0.717, 1.165) is 24.3 Å². The van der Waals surface area contributed by atoms with Crippen LogP contribution in [0.15, 0.2) is 24.3 Å². The molecule has 7 nitrogen and oxygen atoms in total. The fourth-order valence-electron chi connectivity index (χ4n) is 1.77. The van der Waals surface area contributed by atoms with Gasteiger partial charge in [-0.1, -0.05) is 0 Å². The van der Waals surface area contributed by atoms with Crippen molar-refractivity contribution < 1.29 is 27.7 Å². The van der Waals surface area contributed by atoms with Crippen molar-refractivity contribution in [1.29, 1.82) is 0 Å². The van der Waals surface area contributed by atoms with E-state index in [4.69, 9.17) is 11.6 Å². The molecule has 0 bridgehead atoms. The smallest absolute Gasteiger partial charge is 0.355 e. The number of benzene rings is 1. The monoisotopic (exact) mass is 367 g/mol. The molecule has 0 aliphatic rings. The van der Waals surface area contributed by atoms with Gasteiger partial charge in [-0.2, -0.15) is 13.2 Å². The van der Waals surface area contributed by atoms with E-state index in [9.17, 15) is 32.9 Å². The summed E-state index contributed by atoms with van der Waals surface area (Å²) in [4.78, 5) is 32.8. The van der Waals surface area contributed by atoms with Gasteiger partial charge in [0.25, 0.3) is 5.69 Å². The largest absolute Gasteiger partial charge is 0.471 e. The standard InChI is InChI=1S/C13H13ClF3N3O4/c14-8-11(21)18-6-1-7-19(12(22)13(15,16)17)9-2-4-10(5-3-9)20(23)24/h2-5H,1,6-8H2,(H,18,21). The second-order valence-electron chi connectivity index (χ2n) is 4.57. The Hall–Kier alpha value is -2.36. The van der Waals surface area contributed by atoms with Crippen LogP contribution in [-0.2, 0) is 9.59 Å². The molecule has 24 heavy (non-hydrogen) atoms. The molecule has 0 aliphatic heterocycles. The van der Waals surface area contributed by atoms with Gasteiger partial charge in [-0.15, -0.1) is 11.6 Å². The number of nitrogens with zero attached hydrogens (tertiary/aromatic N) is 2. The highest BCUT2D eigenvalue weighted by Crippen LogP contribution is 2.25. The molecule has 1 N–H and O–H groups in total. The summed E-state index contributed by atoms with van der Waals surface area (Å²) in [5, 5.41) is 12.9. The van der Waals surface area contributed by atoms with Gasteiger partial charge in [0.2, 0.25) is 5.91 Å². The lowest BCUT2D eigenvalue weighted by atomic mass is 10.2. The summed E-state index contributed by atoms with van der Waals surface area (Å²) in [6.45, 7) is -0.307. The summed E-state index contributed by atoms with van der Waals surface area (Å²) in [6, 6.07) is 4.11. The minimum atomic E-state index is -5.10. The number of rotatable bonds is 7. The zero-order chi connectivity index (χ0) is 18.3. The topological polar surface area (TPSA) is 92.6 Å². The molecule has 0 saturated carbocycles. The van der Waals surface area contributed by atoms with E-state index in [0.29, 0.717) is 4.90 Å². The Morgan fingerprint density at radius 3 is 2.29 bits per heavy atom. The van der Waals surface area contributed by atoms with Crippen molar-refractivity contribution in [1.82, 2.24) is 5.32 Å². The van der Waals surface area contributed by atoms with Crippen molar-refractivity contribution in [2.24, 2.45) is 0 Å². The maximum atomic E-state index is 12.7. The molecule has 1 rings (SSSR count). The molecule has 1 aromatic rings. The minimum absolute atomic E-state index is 0.0279. The average molecular weight is 368 g/mol. The summed E-state index contributed by atoms with van der Waals surface area (Å²) < 4.78 is 38.1. The first-order chi connectivity index (χ1) is 11.2. The van der Waals surface area contributed by atoms with Crippen LogP contribution < -0.4 is 10.2 Å². The second-order valence-corrected chi connectivity index (χ2v) is 4.83. The Kier molecular flexibility index (Phi) is 6.96. The second kappa shape index (κ2) is 8.48. The quantitative estimate of drug-likeness (QED) is 0.346. The first-order valence-corrected chi connectivity index (χ1v) is 7.16. The number of nitro benzene ring substituents is 1. The lowest BCUT2D eigenvalue weighted by Gasteiger charge is -2.23. The molecule has 132 valence electrons. The van der Waals surface area contributed by atoms with E-state index in [2.05, 4.69) is 5.32 Å². The van der Waals surface area contributed by atoms with Gasteiger partial charge in [0.1, 0.15) is 5.88 Å². The van der Waals surface area contributed by atoms with Crippen molar-refractivity contribution >= 4 is 34.8 Å². The van der Waals surface area contributed by atoms with E-state index < -0.39 is 22.9 Å². The number of halogens is 4. The van der Waals surface area contributed by atoms with Gasteiger partial charge in [-0.25, -0.2) is 0 Å². The fourth-order valence-corrected chi connectivity index (χ4v) is 1.86. The molecule has 2 amide bonds. The van der Waals surface area contributed by atoms with Crippen LogP contribution in [0.3, 0.4) is 0 Å². The van der Waals surface area contributed by atoms with Crippen molar-refractivity contribution in [3.8, 4) is 0 Å². The molecule has 0 heterocycles. The normalized spacial score (nSPS) is 11.0. The minimum Gasteiger partial charge on any atom is -0.355 e. The maximum Gasteiger partial charge on any atom is 0.471 e. The highest BCUT2D eigenvalue weighted by molar-refractivity contribution is 6.27. The van der Waals surface area contributed by atoms with E-state index in [1.807, 2.05) is 0 Å². The molecule has 0 spiro atoms. The van der Waals surface area contributed by atoms with Crippen molar-refractivity contribution in [2.75, 3.05) is 23.9 Å². The Balaban J connectivity index is 2.87. The summed E-state index contributed by atoms with van der Waals surface area (Å²) in [7, 11) is 0. The van der Waals surface area contributed by atoms with Crippen LogP contribution in [0.5, 0.6) is 0 Å². The van der Waals surface area contributed by atoms with Gasteiger partial charge in [-0.3, -0.25) is 19.7 Å². The number of amides is 2. The zero-order valence-electron chi connectivity index (χ0n) is 12.2. The molecule has 11 heteroatoms. The summed E-state index contributed by atoms with van der Waals surface area (Å²) in [5.41, 5.74) is -0.445. The molecule has 0 radical (unpaired) electrons.